The van der Waals surface area contributed by atoms with Crippen LogP contribution in [0.2, 0.25) is 0 Å². The highest BCUT2D eigenvalue weighted by atomic mass is 127. The molecule has 0 aromatic carbocycles. The normalized spacial score (nSPS) is 10.7. The number of nitrogens with zero attached hydrogens (tertiary/aromatic N) is 2. The van der Waals surface area contributed by atoms with Crippen LogP contribution in [0, 0.1) is 0 Å². The first kappa shape index (κ1) is 18.1. The smallest absolute Gasteiger partial charge is 0.191 e. The zero-order valence-electron chi connectivity index (χ0n) is 11.6. The first-order valence-corrected chi connectivity index (χ1v) is 6.28. The molecule has 0 radical (unpaired) electrons. The number of nitrogens with one attached hydrogen (secondary N) is 2. The molecule has 1 rings (SSSR count). The van der Waals surface area contributed by atoms with Crippen molar-refractivity contribution in [3.63, 3.8) is 0 Å². The van der Waals surface area contributed by atoms with Crippen molar-refractivity contribution >= 4 is 29.9 Å². The van der Waals surface area contributed by atoms with Crippen molar-refractivity contribution in [3.8, 4) is 0 Å². The Balaban J connectivity index is 0.00000324. The van der Waals surface area contributed by atoms with Crippen LogP contribution in [0.15, 0.2) is 29.5 Å². The summed E-state index contributed by atoms with van der Waals surface area (Å²) in [6, 6.07) is 4.02. The van der Waals surface area contributed by atoms with E-state index >= 15 is 0 Å². The third-order valence-corrected chi connectivity index (χ3v) is 2.40. The number of aromatic nitrogens is 1. The van der Waals surface area contributed by atoms with Crippen LogP contribution in [-0.2, 0) is 11.2 Å². The molecule has 1 aromatic heterocycles. The minimum Gasteiger partial charge on any atom is -0.380 e. The number of hydrogen-bond acceptors (Lipinski definition) is 3. The van der Waals surface area contributed by atoms with Gasteiger partial charge >= 0.3 is 0 Å². The van der Waals surface area contributed by atoms with Gasteiger partial charge in [0.25, 0.3) is 0 Å². The van der Waals surface area contributed by atoms with Crippen LogP contribution >= 0.6 is 24.0 Å². The van der Waals surface area contributed by atoms with Gasteiger partial charge in [-0.15, -0.1) is 24.0 Å². The Kier molecular flexibility index (Phi) is 11.6. The molecule has 1 heterocycles. The van der Waals surface area contributed by atoms with Crippen molar-refractivity contribution in [1.29, 1.82) is 0 Å². The average Bonchev–Trinajstić information content (AvgIpc) is 2.42. The van der Waals surface area contributed by atoms with Crippen LogP contribution in [0.5, 0.6) is 0 Å². The molecule has 0 atom stereocenters. The zero-order valence-corrected chi connectivity index (χ0v) is 13.9. The molecule has 0 aliphatic heterocycles. The maximum Gasteiger partial charge on any atom is 0.191 e. The minimum absolute atomic E-state index is 0. The van der Waals surface area contributed by atoms with Gasteiger partial charge in [0.1, 0.15) is 0 Å². The lowest BCUT2D eigenvalue weighted by Crippen LogP contribution is -2.39. The van der Waals surface area contributed by atoms with Crippen LogP contribution in [0.4, 0.5) is 0 Å². The molecule has 0 amide bonds. The van der Waals surface area contributed by atoms with E-state index in [-0.39, 0.29) is 24.0 Å². The molecule has 1 aromatic rings. The Hall–Kier alpha value is -0.890. The van der Waals surface area contributed by atoms with Crippen LogP contribution in [-0.4, -0.2) is 44.3 Å². The number of ether oxygens (including phenoxy) is 1. The molecule has 0 spiro atoms. The Labute approximate surface area is 132 Å². The number of pyridine rings is 1. The van der Waals surface area contributed by atoms with Crippen molar-refractivity contribution < 1.29 is 4.74 Å². The predicted molar refractivity (Wildman–Crippen MR) is 89.2 cm³/mol. The van der Waals surface area contributed by atoms with Gasteiger partial charge in [-0.2, -0.15) is 0 Å². The van der Waals surface area contributed by atoms with Crippen LogP contribution in [0.3, 0.4) is 0 Å². The van der Waals surface area contributed by atoms with Crippen molar-refractivity contribution in [2.45, 2.75) is 13.3 Å². The van der Waals surface area contributed by atoms with Crippen molar-refractivity contribution in [1.82, 2.24) is 15.6 Å². The first-order valence-electron chi connectivity index (χ1n) is 6.28. The number of aliphatic imine (C=N–C) groups is 1. The van der Waals surface area contributed by atoms with Gasteiger partial charge in [0.15, 0.2) is 5.96 Å². The molecule has 0 aliphatic carbocycles. The summed E-state index contributed by atoms with van der Waals surface area (Å²) in [5.41, 5.74) is 1.22. The molecule has 108 valence electrons. The molecule has 5 nitrogen and oxygen atoms in total. The van der Waals surface area contributed by atoms with Gasteiger partial charge in [-0.3, -0.25) is 9.98 Å². The van der Waals surface area contributed by atoms with E-state index in [0.717, 1.165) is 32.1 Å². The van der Waals surface area contributed by atoms with Crippen LogP contribution in [0.25, 0.3) is 0 Å². The van der Waals surface area contributed by atoms with Crippen LogP contribution in [0.1, 0.15) is 12.5 Å². The van der Waals surface area contributed by atoms with Gasteiger partial charge in [-0.05, 0) is 25.0 Å². The number of halogens is 1. The third kappa shape index (κ3) is 8.77. The lowest BCUT2D eigenvalue weighted by atomic mass is 10.2. The van der Waals surface area contributed by atoms with Gasteiger partial charge in [0, 0.05) is 39.1 Å². The molecule has 0 bridgehead atoms. The fourth-order valence-electron chi connectivity index (χ4n) is 1.48. The standard InChI is InChI=1S/C13H22N4O.HI/c1-3-18-10-9-17-13(14-2)16-8-6-12-5-4-7-15-11-12;/h4-5,7,11H,3,6,8-10H2,1-2H3,(H2,14,16,17);1H. The van der Waals surface area contributed by atoms with Crippen LogP contribution < -0.4 is 10.6 Å². The maximum atomic E-state index is 5.25. The van der Waals surface area contributed by atoms with Gasteiger partial charge < -0.3 is 15.4 Å². The lowest BCUT2D eigenvalue weighted by Gasteiger charge is -2.11. The molecule has 19 heavy (non-hydrogen) atoms. The van der Waals surface area contributed by atoms with E-state index in [2.05, 4.69) is 26.7 Å². The number of rotatable bonds is 7. The molecular weight excluding hydrogens is 355 g/mol. The second-order valence-corrected chi connectivity index (χ2v) is 3.73. The largest absolute Gasteiger partial charge is 0.380 e. The predicted octanol–water partition coefficient (Wildman–Crippen LogP) is 1.44. The summed E-state index contributed by atoms with van der Waals surface area (Å²) in [6.07, 6.45) is 4.60. The second-order valence-electron chi connectivity index (χ2n) is 3.73. The minimum atomic E-state index is 0. The van der Waals surface area contributed by atoms with Crippen molar-refractivity contribution in [3.05, 3.63) is 30.1 Å². The fraction of sp³-hybridized carbons (Fsp3) is 0.538. The number of guanidine groups is 1. The topological polar surface area (TPSA) is 58.5 Å². The van der Waals surface area contributed by atoms with Gasteiger partial charge in [0.2, 0.25) is 0 Å². The summed E-state index contributed by atoms with van der Waals surface area (Å²) < 4.78 is 5.25. The van der Waals surface area contributed by atoms with E-state index < -0.39 is 0 Å². The molecule has 0 aliphatic rings. The van der Waals surface area contributed by atoms with Gasteiger partial charge in [0.05, 0.1) is 6.61 Å². The summed E-state index contributed by atoms with van der Waals surface area (Å²) in [6.45, 7) is 5.02. The summed E-state index contributed by atoms with van der Waals surface area (Å²) in [5, 5.41) is 6.44. The summed E-state index contributed by atoms with van der Waals surface area (Å²) in [7, 11) is 1.76. The van der Waals surface area contributed by atoms with E-state index in [1.54, 1.807) is 13.2 Å². The molecule has 0 saturated carbocycles. The zero-order chi connectivity index (χ0) is 13.1. The summed E-state index contributed by atoms with van der Waals surface area (Å²) in [5.74, 6) is 0.804. The van der Waals surface area contributed by atoms with E-state index in [9.17, 15) is 0 Å². The molecule has 2 N–H and O–H groups in total. The quantitative estimate of drug-likeness (QED) is 0.326. The first-order chi connectivity index (χ1) is 8.86. The Morgan fingerprint density at radius 3 is 2.79 bits per heavy atom. The van der Waals surface area contributed by atoms with Gasteiger partial charge in [-0.1, -0.05) is 6.07 Å². The molecule has 0 saturated heterocycles. The highest BCUT2D eigenvalue weighted by Crippen LogP contribution is 1.95. The monoisotopic (exact) mass is 378 g/mol. The molecule has 0 fully saturated rings. The molecule has 0 unspecified atom stereocenters. The number of hydrogen-bond donors (Lipinski definition) is 2. The average molecular weight is 378 g/mol. The second kappa shape index (κ2) is 12.2. The van der Waals surface area contributed by atoms with E-state index in [1.807, 2.05) is 19.2 Å². The summed E-state index contributed by atoms with van der Waals surface area (Å²) >= 11 is 0. The lowest BCUT2D eigenvalue weighted by molar-refractivity contribution is 0.152. The Bertz CT molecular complexity index is 346. The van der Waals surface area contributed by atoms with Crippen molar-refractivity contribution in [2.24, 2.45) is 4.99 Å². The Morgan fingerprint density at radius 1 is 1.37 bits per heavy atom. The SMILES string of the molecule is CCOCCNC(=NC)NCCc1cccnc1.I. The van der Waals surface area contributed by atoms with E-state index in [1.165, 1.54) is 5.56 Å². The summed E-state index contributed by atoms with van der Waals surface area (Å²) in [4.78, 5) is 8.22. The third-order valence-electron chi connectivity index (χ3n) is 2.40. The maximum absolute atomic E-state index is 5.25. The fourth-order valence-corrected chi connectivity index (χ4v) is 1.48. The van der Waals surface area contributed by atoms with Gasteiger partial charge in [-0.25, -0.2) is 0 Å². The van der Waals surface area contributed by atoms with E-state index in [0.29, 0.717) is 6.61 Å². The highest BCUT2D eigenvalue weighted by Gasteiger charge is 1.97. The molecule has 6 heteroatoms. The van der Waals surface area contributed by atoms with E-state index in [4.69, 9.17) is 4.74 Å². The van der Waals surface area contributed by atoms with Crippen molar-refractivity contribution in [2.75, 3.05) is 33.4 Å². The Morgan fingerprint density at radius 2 is 2.16 bits per heavy atom. The highest BCUT2D eigenvalue weighted by molar-refractivity contribution is 14.0. The molecular formula is C13H23IN4O.